The molecule has 1 heterocycles. The summed E-state index contributed by atoms with van der Waals surface area (Å²) in [4.78, 5) is 3.01. The summed E-state index contributed by atoms with van der Waals surface area (Å²) in [5, 5.41) is 6.20. The molecule has 2 rings (SSSR count). The molecule has 2 aromatic rings. The van der Waals surface area contributed by atoms with Crippen LogP contribution in [0.5, 0.6) is 5.75 Å². The fraction of sp³-hybridized carbons (Fsp3) is 0.154. The Hall–Kier alpha value is -2.22. The van der Waals surface area contributed by atoms with Crippen molar-refractivity contribution in [3.63, 3.8) is 0 Å². The summed E-state index contributed by atoms with van der Waals surface area (Å²) >= 11 is 5.08. The SMILES string of the molecule is FC(F)(F)Oc1ccc(NC(=S)NCc2ccc[nH]2)cc1. The van der Waals surface area contributed by atoms with Crippen molar-refractivity contribution < 1.29 is 17.9 Å². The van der Waals surface area contributed by atoms with Gasteiger partial charge in [-0.1, -0.05) is 0 Å². The van der Waals surface area contributed by atoms with E-state index < -0.39 is 6.36 Å². The van der Waals surface area contributed by atoms with Gasteiger partial charge >= 0.3 is 6.36 Å². The zero-order chi connectivity index (χ0) is 15.3. The summed E-state index contributed by atoms with van der Waals surface area (Å²) in [6.07, 6.45) is -2.89. The zero-order valence-corrected chi connectivity index (χ0v) is 11.5. The predicted molar refractivity (Wildman–Crippen MR) is 77.0 cm³/mol. The second-order valence-electron chi connectivity index (χ2n) is 4.08. The maximum Gasteiger partial charge on any atom is 0.573 e. The van der Waals surface area contributed by atoms with Gasteiger partial charge in [-0.15, -0.1) is 13.2 Å². The number of H-pyrrole nitrogens is 1. The van der Waals surface area contributed by atoms with E-state index in [1.165, 1.54) is 24.3 Å². The average molecular weight is 315 g/mol. The van der Waals surface area contributed by atoms with Gasteiger partial charge in [-0.3, -0.25) is 0 Å². The molecule has 4 nitrogen and oxygen atoms in total. The summed E-state index contributed by atoms with van der Waals surface area (Å²) in [5.74, 6) is -0.279. The van der Waals surface area contributed by atoms with E-state index >= 15 is 0 Å². The number of nitrogens with one attached hydrogen (secondary N) is 3. The van der Waals surface area contributed by atoms with Gasteiger partial charge in [0.05, 0.1) is 6.54 Å². The number of alkyl halides is 3. The number of thiocarbonyl (C=S) groups is 1. The van der Waals surface area contributed by atoms with Crippen molar-refractivity contribution in [3.05, 3.63) is 48.3 Å². The molecule has 1 aromatic heterocycles. The van der Waals surface area contributed by atoms with Crippen molar-refractivity contribution in [2.45, 2.75) is 12.9 Å². The lowest BCUT2D eigenvalue weighted by Gasteiger charge is -2.11. The zero-order valence-electron chi connectivity index (χ0n) is 10.7. The molecule has 0 aliphatic carbocycles. The number of benzene rings is 1. The van der Waals surface area contributed by atoms with Gasteiger partial charge in [0.1, 0.15) is 5.75 Å². The maximum absolute atomic E-state index is 12.0. The van der Waals surface area contributed by atoms with Crippen LogP contribution in [0.4, 0.5) is 18.9 Å². The van der Waals surface area contributed by atoms with Crippen molar-refractivity contribution in [2.75, 3.05) is 5.32 Å². The molecule has 0 fully saturated rings. The Labute approximate surface area is 124 Å². The molecular weight excluding hydrogens is 303 g/mol. The molecule has 0 unspecified atom stereocenters. The highest BCUT2D eigenvalue weighted by molar-refractivity contribution is 7.80. The van der Waals surface area contributed by atoms with Crippen LogP contribution in [0, 0.1) is 0 Å². The third-order valence-corrected chi connectivity index (χ3v) is 2.69. The van der Waals surface area contributed by atoms with Gasteiger partial charge < -0.3 is 20.4 Å². The summed E-state index contributed by atoms with van der Waals surface area (Å²) in [6, 6.07) is 9.09. The lowest BCUT2D eigenvalue weighted by Crippen LogP contribution is -2.27. The predicted octanol–water partition coefficient (Wildman–Crippen LogP) is 3.40. The molecule has 0 radical (unpaired) electrons. The molecule has 0 aliphatic heterocycles. The second kappa shape index (κ2) is 6.49. The first kappa shape index (κ1) is 15.2. The van der Waals surface area contributed by atoms with E-state index in [2.05, 4.69) is 20.4 Å². The van der Waals surface area contributed by atoms with Crippen molar-refractivity contribution in [2.24, 2.45) is 0 Å². The largest absolute Gasteiger partial charge is 0.573 e. The molecule has 0 spiro atoms. The molecule has 0 bridgehead atoms. The molecule has 21 heavy (non-hydrogen) atoms. The molecule has 1 aromatic carbocycles. The van der Waals surface area contributed by atoms with Crippen LogP contribution in [0.25, 0.3) is 0 Å². The number of hydrogen-bond donors (Lipinski definition) is 3. The Morgan fingerprint density at radius 3 is 2.48 bits per heavy atom. The van der Waals surface area contributed by atoms with Crippen LogP contribution in [0.1, 0.15) is 5.69 Å². The molecule has 0 saturated heterocycles. The Balaban J connectivity index is 1.83. The fourth-order valence-corrected chi connectivity index (χ4v) is 1.76. The van der Waals surface area contributed by atoms with Crippen molar-refractivity contribution in [1.29, 1.82) is 0 Å². The van der Waals surface area contributed by atoms with Gasteiger partial charge in [-0.05, 0) is 48.6 Å². The van der Waals surface area contributed by atoms with Crippen LogP contribution < -0.4 is 15.4 Å². The second-order valence-corrected chi connectivity index (χ2v) is 4.48. The number of halogens is 3. The van der Waals surface area contributed by atoms with E-state index in [1.807, 2.05) is 12.1 Å². The number of aromatic nitrogens is 1. The van der Waals surface area contributed by atoms with Crippen molar-refractivity contribution in [3.8, 4) is 5.75 Å². The highest BCUT2D eigenvalue weighted by Crippen LogP contribution is 2.23. The van der Waals surface area contributed by atoms with Crippen LogP contribution in [-0.4, -0.2) is 16.5 Å². The first-order chi connectivity index (χ1) is 9.92. The van der Waals surface area contributed by atoms with Crippen LogP contribution >= 0.6 is 12.2 Å². The van der Waals surface area contributed by atoms with Gasteiger partial charge in [-0.2, -0.15) is 0 Å². The smallest absolute Gasteiger partial charge is 0.406 e. The van der Waals surface area contributed by atoms with E-state index in [0.29, 0.717) is 17.3 Å². The highest BCUT2D eigenvalue weighted by atomic mass is 32.1. The minimum Gasteiger partial charge on any atom is -0.406 e. The van der Waals surface area contributed by atoms with Gasteiger partial charge in [0.15, 0.2) is 5.11 Å². The molecule has 0 atom stereocenters. The molecule has 0 aliphatic rings. The Bertz CT molecular complexity index is 582. The average Bonchev–Trinajstić information content (AvgIpc) is 2.90. The van der Waals surface area contributed by atoms with Crippen LogP contribution in [-0.2, 0) is 6.54 Å². The maximum atomic E-state index is 12.0. The van der Waals surface area contributed by atoms with Crippen LogP contribution in [0.15, 0.2) is 42.6 Å². The Morgan fingerprint density at radius 1 is 1.19 bits per heavy atom. The van der Waals surface area contributed by atoms with E-state index in [1.54, 1.807) is 6.20 Å². The minimum absolute atomic E-state index is 0.279. The normalized spacial score (nSPS) is 11.0. The molecular formula is C13H12F3N3OS. The summed E-state index contributed by atoms with van der Waals surface area (Å²) in [7, 11) is 0. The monoisotopic (exact) mass is 315 g/mol. The fourth-order valence-electron chi connectivity index (χ4n) is 1.57. The molecule has 3 N–H and O–H groups in total. The van der Waals surface area contributed by atoms with Gasteiger partial charge in [0.25, 0.3) is 0 Å². The highest BCUT2D eigenvalue weighted by Gasteiger charge is 2.30. The third-order valence-electron chi connectivity index (χ3n) is 2.45. The number of anilines is 1. The van der Waals surface area contributed by atoms with E-state index in [9.17, 15) is 13.2 Å². The first-order valence-corrected chi connectivity index (χ1v) is 6.36. The number of hydrogen-bond acceptors (Lipinski definition) is 2. The standard InChI is InChI=1S/C13H12F3N3OS/c14-13(15,16)20-11-5-3-9(4-6-11)19-12(21)18-8-10-2-1-7-17-10/h1-7,17H,8H2,(H2,18,19,21). The number of aromatic amines is 1. The Morgan fingerprint density at radius 2 is 1.90 bits per heavy atom. The molecule has 8 heteroatoms. The number of rotatable bonds is 4. The van der Waals surface area contributed by atoms with E-state index in [4.69, 9.17) is 12.2 Å². The Kier molecular flexibility index (Phi) is 4.69. The van der Waals surface area contributed by atoms with Crippen LogP contribution in [0.3, 0.4) is 0 Å². The lowest BCUT2D eigenvalue weighted by molar-refractivity contribution is -0.274. The van der Waals surface area contributed by atoms with Gasteiger partial charge in [-0.25, -0.2) is 0 Å². The first-order valence-electron chi connectivity index (χ1n) is 5.95. The van der Waals surface area contributed by atoms with Gasteiger partial charge in [0, 0.05) is 17.6 Å². The third kappa shape index (κ3) is 5.35. The van der Waals surface area contributed by atoms with E-state index in [0.717, 1.165) is 5.69 Å². The molecule has 0 saturated carbocycles. The van der Waals surface area contributed by atoms with Gasteiger partial charge in [0.2, 0.25) is 0 Å². The van der Waals surface area contributed by atoms with E-state index in [-0.39, 0.29) is 5.75 Å². The molecule has 0 amide bonds. The summed E-state index contributed by atoms with van der Waals surface area (Å²) in [5.41, 5.74) is 1.53. The minimum atomic E-state index is -4.69. The van der Waals surface area contributed by atoms with Crippen molar-refractivity contribution in [1.82, 2.24) is 10.3 Å². The quantitative estimate of drug-likeness (QED) is 0.757. The van der Waals surface area contributed by atoms with Crippen LogP contribution in [0.2, 0.25) is 0 Å². The summed E-state index contributed by atoms with van der Waals surface area (Å²) in [6.45, 7) is 0.522. The topological polar surface area (TPSA) is 49.1 Å². The number of ether oxygens (including phenoxy) is 1. The lowest BCUT2D eigenvalue weighted by atomic mass is 10.3. The summed E-state index contributed by atoms with van der Waals surface area (Å²) < 4.78 is 39.8. The molecule has 112 valence electrons. The van der Waals surface area contributed by atoms with Crippen molar-refractivity contribution >= 4 is 23.0 Å².